The first-order valence-electron chi connectivity index (χ1n) is 9.11. The van der Waals surface area contributed by atoms with Gasteiger partial charge >= 0.3 is 15.6 Å². The van der Waals surface area contributed by atoms with Crippen molar-refractivity contribution >= 4 is 21.7 Å². The number of alkyl halides is 3. The van der Waals surface area contributed by atoms with E-state index in [9.17, 15) is 26.4 Å². The van der Waals surface area contributed by atoms with Crippen molar-refractivity contribution in [3.63, 3.8) is 0 Å². The molecule has 0 N–H and O–H groups in total. The Morgan fingerprint density at radius 1 is 1.06 bits per heavy atom. The molecule has 0 aliphatic carbocycles. The number of nitrogens with zero attached hydrogens (tertiary/aromatic N) is 1. The van der Waals surface area contributed by atoms with Crippen LogP contribution in [-0.4, -0.2) is 45.2 Å². The summed E-state index contributed by atoms with van der Waals surface area (Å²) < 4.78 is 75.9. The highest BCUT2D eigenvalue weighted by Crippen LogP contribution is 2.40. The van der Waals surface area contributed by atoms with E-state index >= 15 is 0 Å². The number of benzene rings is 2. The zero-order valence-electron chi connectivity index (χ0n) is 16.6. The molecular weight excluding hydrogens is 439 g/mol. The maximum Gasteiger partial charge on any atom is 0.523 e. The van der Waals surface area contributed by atoms with E-state index in [2.05, 4.69) is 4.18 Å². The standard InChI is InChI=1S/C20H20F3NO6S/c1-19(29-12-14-6-4-3-5-7-14)17(13-30-31(26,27)20(21,22)23)24(18(19)25)15-8-10-16(28-2)11-9-15/h3-11,17H,12-13H2,1-2H3/t17-,19+/m0/s1. The average molecular weight is 459 g/mol. The average Bonchev–Trinajstić information content (AvgIpc) is 2.74. The van der Waals surface area contributed by atoms with E-state index in [1.54, 1.807) is 42.5 Å². The summed E-state index contributed by atoms with van der Waals surface area (Å²) in [6, 6.07) is 13.9. The maximum absolute atomic E-state index is 12.9. The van der Waals surface area contributed by atoms with Gasteiger partial charge in [0.25, 0.3) is 5.91 Å². The van der Waals surface area contributed by atoms with Gasteiger partial charge in [0.15, 0.2) is 5.60 Å². The van der Waals surface area contributed by atoms with Gasteiger partial charge in [-0.05, 0) is 36.8 Å². The Morgan fingerprint density at radius 2 is 1.68 bits per heavy atom. The van der Waals surface area contributed by atoms with Crippen molar-refractivity contribution in [2.45, 2.75) is 30.7 Å². The zero-order chi connectivity index (χ0) is 22.9. The van der Waals surface area contributed by atoms with Gasteiger partial charge in [-0.1, -0.05) is 30.3 Å². The van der Waals surface area contributed by atoms with Crippen molar-refractivity contribution < 1.29 is 40.0 Å². The summed E-state index contributed by atoms with van der Waals surface area (Å²) in [5.41, 5.74) is -6.09. The minimum atomic E-state index is -5.83. The number of amides is 1. The van der Waals surface area contributed by atoms with Gasteiger partial charge in [-0.3, -0.25) is 8.98 Å². The lowest BCUT2D eigenvalue weighted by Crippen LogP contribution is -2.75. The van der Waals surface area contributed by atoms with Crippen molar-refractivity contribution in [3.05, 3.63) is 60.2 Å². The Labute approximate surface area is 177 Å². The van der Waals surface area contributed by atoms with Crippen LogP contribution in [0.25, 0.3) is 0 Å². The SMILES string of the molecule is COc1ccc(N2C(=O)[C@](C)(OCc3ccccc3)[C@@H]2COS(=O)(=O)C(F)(F)F)cc1. The molecule has 168 valence electrons. The molecule has 0 saturated carbocycles. The molecule has 7 nitrogen and oxygen atoms in total. The molecule has 3 rings (SSSR count). The summed E-state index contributed by atoms with van der Waals surface area (Å²) >= 11 is 0. The Balaban J connectivity index is 1.85. The van der Waals surface area contributed by atoms with Crippen LogP contribution in [0, 0.1) is 0 Å². The minimum Gasteiger partial charge on any atom is -0.497 e. The number of hydrogen-bond acceptors (Lipinski definition) is 6. The molecule has 1 saturated heterocycles. The number of β-lactam (4-membered cyclic amide) rings is 1. The van der Waals surface area contributed by atoms with Crippen LogP contribution in [0.15, 0.2) is 54.6 Å². The maximum atomic E-state index is 12.9. The van der Waals surface area contributed by atoms with Gasteiger partial charge in [0, 0.05) is 5.69 Å². The summed E-state index contributed by atoms with van der Waals surface area (Å²) in [5.74, 6) is -0.0288. The fourth-order valence-electron chi connectivity index (χ4n) is 3.16. The van der Waals surface area contributed by atoms with Crippen LogP contribution in [0.4, 0.5) is 18.9 Å². The van der Waals surface area contributed by atoms with E-state index in [0.717, 1.165) is 10.5 Å². The topological polar surface area (TPSA) is 82.1 Å². The molecule has 11 heteroatoms. The molecule has 1 aliphatic rings. The zero-order valence-corrected chi connectivity index (χ0v) is 17.4. The molecule has 0 bridgehead atoms. The molecule has 0 radical (unpaired) electrons. The van der Waals surface area contributed by atoms with Gasteiger partial charge in [-0.2, -0.15) is 21.6 Å². The Morgan fingerprint density at radius 3 is 2.23 bits per heavy atom. The second-order valence-corrected chi connectivity index (χ2v) is 8.56. The molecule has 1 heterocycles. The quantitative estimate of drug-likeness (QED) is 0.343. The molecule has 0 aromatic heterocycles. The van der Waals surface area contributed by atoms with Gasteiger partial charge in [-0.25, -0.2) is 0 Å². The van der Waals surface area contributed by atoms with Crippen LogP contribution in [0.2, 0.25) is 0 Å². The van der Waals surface area contributed by atoms with Crippen molar-refractivity contribution in [2.75, 3.05) is 18.6 Å². The predicted molar refractivity (Wildman–Crippen MR) is 105 cm³/mol. The van der Waals surface area contributed by atoms with Crippen LogP contribution in [0.3, 0.4) is 0 Å². The van der Waals surface area contributed by atoms with Gasteiger partial charge in [-0.15, -0.1) is 0 Å². The van der Waals surface area contributed by atoms with Crippen LogP contribution < -0.4 is 9.64 Å². The summed E-state index contributed by atoms with van der Waals surface area (Å²) in [6.45, 7) is 0.472. The van der Waals surface area contributed by atoms with Gasteiger partial charge in [0.2, 0.25) is 0 Å². The van der Waals surface area contributed by atoms with E-state index in [-0.39, 0.29) is 6.61 Å². The first-order valence-corrected chi connectivity index (χ1v) is 10.5. The van der Waals surface area contributed by atoms with Crippen molar-refractivity contribution in [1.82, 2.24) is 0 Å². The van der Waals surface area contributed by atoms with Crippen LogP contribution in [0.5, 0.6) is 5.75 Å². The molecule has 2 atom stereocenters. The fraction of sp³-hybridized carbons (Fsp3) is 0.350. The number of carbonyl (C=O) groups is 1. The molecule has 2 aromatic rings. The first-order chi connectivity index (χ1) is 14.5. The summed E-state index contributed by atoms with van der Waals surface area (Å²) in [7, 11) is -4.38. The van der Waals surface area contributed by atoms with E-state index in [0.29, 0.717) is 11.4 Å². The lowest BCUT2D eigenvalue weighted by molar-refractivity contribution is -0.165. The van der Waals surface area contributed by atoms with Crippen LogP contribution in [0.1, 0.15) is 12.5 Å². The van der Waals surface area contributed by atoms with E-state index in [4.69, 9.17) is 9.47 Å². The summed E-state index contributed by atoms with van der Waals surface area (Å²) in [6.07, 6.45) is 0. The number of hydrogen-bond donors (Lipinski definition) is 0. The molecule has 1 fully saturated rings. The van der Waals surface area contributed by atoms with Crippen LogP contribution in [-0.2, 0) is 30.4 Å². The number of ether oxygens (including phenoxy) is 2. The van der Waals surface area contributed by atoms with Crippen molar-refractivity contribution in [2.24, 2.45) is 0 Å². The molecule has 31 heavy (non-hydrogen) atoms. The Hall–Kier alpha value is -2.63. The fourth-order valence-corrected chi connectivity index (χ4v) is 3.60. The second kappa shape index (κ2) is 8.48. The summed E-state index contributed by atoms with van der Waals surface area (Å²) in [5, 5.41) is 0. The molecule has 0 unspecified atom stereocenters. The molecular formula is C20H20F3NO6S. The number of halogens is 3. The van der Waals surface area contributed by atoms with E-state index in [1.807, 2.05) is 0 Å². The number of carbonyl (C=O) groups excluding carboxylic acids is 1. The molecule has 0 spiro atoms. The molecule has 1 aliphatic heterocycles. The number of rotatable bonds is 8. The highest BCUT2D eigenvalue weighted by atomic mass is 32.2. The number of anilines is 1. The van der Waals surface area contributed by atoms with Gasteiger partial charge < -0.3 is 14.4 Å². The smallest absolute Gasteiger partial charge is 0.497 e. The molecule has 1 amide bonds. The lowest BCUT2D eigenvalue weighted by atomic mass is 9.83. The van der Waals surface area contributed by atoms with Gasteiger partial charge in [0.1, 0.15) is 5.75 Å². The Bertz CT molecular complexity index is 1030. The van der Waals surface area contributed by atoms with Gasteiger partial charge in [0.05, 0.1) is 26.4 Å². The third kappa shape index (κ3) is 4.53. The highest BCUT2D eigenvalue weighted by Gasteiger charge is 2.60. The van der Waals surface area contributed by atoms with Crippen molar-refractivity contribution in [3.8, 4) is 5.75 Å². The Kier molecular flexibility index (Phi) is 6.30. The summed E-state index contributed by atoms with van der Waals surface area (Å²) in [4.78, 5) is 14.1. The highest BCUT2D eigenvalue weighted by molar-refractivity contribution is 7.87. The van der Waals surface area contributed by atoms with E-state index < -0.39 is 39.8 Å². The lowest BCUT2D eigenvalue weighted by Gasteiger charge is -2.53. The second-order valence-electron chi connectivity index (χ2n) is 6.95. The monoisotopic (exact) mass is 459 g/mol. The third-order valence-electron chi connectivity index (χ3n) is 4.99. The third-order valence-corrected chi connectivity index (χ3v) is 6.00. The normalized spacial score (nSPS) is 21.6. The number of methoxy groups -OCH3 is 1. The van der Waals surface area contributed by atoms with Crippen LogP contribution >= 0.6 is 0 Å². The van der Waals surface area contributed by atoms with E-state index in [1.165, 1.54) is 26.2 Å². The van der Waals surface area contributed by atoms with Crippen molar-refractivity contribution in [1.29, 1.82) is 0 Å². The molecule has 2 aromatic carbocycles. The first kappa shape index (κ1) is 23.0. The predicted octanol–water partition coefficient (Wildman–Crippen LogP) is 3.25. The largest absolute Gasteiger partial charge is 0.523 e. The minimum absolute atomic E-state index is 0.00204.